The lowest BCUT2D eigenvalue weighted by Gasteiger charge is -2.30. The highest BCUT2D eigenvalue weighted by Crippen LogP contribution is 2.34. The summed E-state index contributed by atoms with van der Waals surface area (Å²) in [4.78, 5) is 14.3. The molecule has 3 N–H and O–H groups in total. The topological polar surface area (TPSA) is 106 Å². The van der Waals surface area contributed by atoms with Gasteiger partial charge in [-0.3, -0.25) is 0 Å². The molecular formula is C25H25N3O4S. The monoisotopic (exact) mass is 463 g/mol. The van der Waals surface area contributed by atoms with Crippen molar-refractivity contribution in [3.8, 4) is 0 Å². The first-order valence-electron chi connectivity index (χ1n) is 10.5. The number of nitrogens with zero attached hydrogens (tertiary/aromatic N) is 2. The van der Waals surface area contributed by atoms with Gasteiger partial charge in [-0.2, -0.15) is 0 Å². The molecule has 0 aliphatic rings. The molecule has 7 nitrogen and oxygen atoms in total. The maximum absolute atomic E-state index is 12.5. The molecule has 0 bridgehead atoms. The van der Waals surface area contributed by atoms with Crippen LogP contribution in [0.4, 0.5) is 5.69 Å². The van der Waals surface area contributed by atoms with Crippen LogP contribution in [0.3, 0.4) is 0 Å². The van der Waals surface area contributed by atoms with Crippen molar-refractivity contribution < 1.29 is 18.3 Å². The number of hydrogen-bond acceptors (Lipinski definition) is 4. The van der Waals surface area contributed by atoms with Gasteiger partial charge in [0.15, 0.2) is 6.04 Å². The number of benzene rings is 3. The van der Waals surface area contributed by atoms with E-state index in [1.165, 1.54) is 12.1 Å². The van der Waals surface area contributed by atoms with Crippen LogP contribution >= 0.6 is 0 Å². The Morgan fingerprint density at radius 3 is 2.24 bits per heavy atom. The molecule has 0 saturated heterocycles. The average Bonchev–Trinajstić information content (AvgIpc) is 3.15. The van der Waals surface area contributed by atoms with Crippen LogP contribution in [0.25, 0.3) is 10.9 Å². The molecule has 0 radical (unpaired) electrons. The van der Waals surface area contributed by atoms with Gasteiger partial charge in [-0.15, -0.1) is 0 Å². The van der Waals surface area contributed by atoms with Gasteiger partial charge < -0.3 is 14.6 Å². The van der Waals surface area contributed by atoms with Gasteiger partial charge >= 0.3 is 5.97 Å². The summed E-state index contributed by atoms with van der Waals surface area (Å²) >= 11 is 0. The molecule has 0 amide bonds. The summed E-state index contributed by atoms with van der Waals surface area (Å²) in [6, 6.07) is 22.7. The third-order valence-corrected chi connectivity index (χ3v) is 6.62. The summed E-state index contributed by atoms with van der Waals surface area (Å²) in [5.41, 5.74) is 3.33. The second-order valence-electron chi connectivity index (χ2n) is 7.78. The number of primary sulfonamides is 1. The molecule has 0 saturated carbocycles. The fraction of sp³-hybridized carbons (Fsp3) is 0.160. The summed E-state index contributed by atoms with van der Waals surface area (Å²) in [5.74, 6) is -0.991. The normalized spacial score (nSPS) is 12.5. The van der Waals surface area contributed by atoms with Crippen LogP contribution in [-0.2, 0) is 21.4 Å². The van der Waals surface area contributed by atoms with Crippen molar-refractivity contribution >= 4 is 32.6 Å². The zero-order chi connectivity index (χ0) is 23.6. The molecule has 3 aromatic carbocycles. The predicted octanol–water partition coefficient (Wildman–Crippen LogP) is 3.99. The Kier molecular flexibility index (Phi) is 6.22. The van der Waals surface area contributed by atoms with Crippen molar-refractivity contribution in [3.05, 3.63) is 96.2 Å². The van der Waals surface area contributed by atoms with Gasteiger partial charge in [0.1, 0.15) is 0 Å². The van der Waals surface area contributed by atoms with E-state index in [0.717, 1.165) is 16.5 Å². The zero-order valence-corrected chi connectivity index (χ0v) is 18.9. The number of carboxylic acid groups (broad SMARTS) is 1. The maximum Gasteiger partial charge on any atom is 0.331 e. The lowest BCUT2D eigenvalue weighted by molar-refractivity contribution is -0.138. The number of carbonyl (C=O) groups is 1. The number of rotatable bonds is 8. The summed E-state index contributed by atoms with van der Waals surface area (Å²) in [7, 11) is -3.83. The van der Waals surface area contributed by atoms with Gasteiger partial charge in [0.25, 0.3) is 0 Å². The van der Waals surface area contributed by atoms with E-state index in [2.05, 4.69) is 4.57 Å². The van der Waals surface area contributed by atoms with Crippen molar-refractivity contribution in [2.45, 2.75) is 24.4 Å². The standard InChI is InChI=1S/C25H25N3O4S/c1-2-28(19-12-14-20(15-13-19)33(26,31)32)24(25(29)30)22-17-27(16-18-8-4-3-5-9-18)23-11-7-6-10-21(22)23/h3-15,17,24H,2,16H2,1H3,(H,29,30)(H2,26,31,32). The van der Waals surface area contributed by atoms with Crippen molar-refractivity contribution in [3.63, 3.8) is 0 Å². The fourth-order valence-corrected chi connectivity index (χ4v) is 4.70. The molecule has 1 unspecified atom stereocenters. The number of sulfonamides is 1. The van der Waals surface area contributed by atoms with E-state index in [9.17, 15) is 18.3 Å². The Bertz CT molecular complexity index is 1380. The average molecular weight is 464 g/mol. The first-order valence-corrected chi connectivity index (χ1v) is 12.1. The van der Waals surface area contributed by atoms with Gasteiger partial charge in [0, 0.05) is 41.4 Å². The molecule has 1 heterocycles. The van der Waals surface area contributed by atoms with E-state index in [1.54, 1.807) is 17.0 Å². The minimum atomic E-state index is -3.83. The second-order valence-corrected chi connectivity index (χ2v) is 9.34. The van der Waals surface area contributed by atoms with Crippen LogP contribution in [0.15, 0.2) is 90.0 Å². The van der Waals surface area contributed by atoms with Gasteiger partial charge in [0.05, 0.1) is 4.90 Å². The molecule has 1 aromatic heterocycles. The number of carboxylic acids is 1. The quantitative estimate of drug-likeness (QED) is 0.411. The number of aliphatic carboxylic acids is 1. The first kappa shape index (κ1) is 22.6. The molecule has 4 aromatic rings. The Morgan fingerprint density at radius 2 is 1.64 bits per heavy atom. The number of aromatic nitrogens is 1. The van der Waals surface area contributed by atoms with Crippen LogP contribution in [-0.4, -0.2) is 30.6 Å². The van der Waals surface area contributed by atoms with E-state index in [-0.39, 0.29) is 4.90 Å². The maximum atomic E-state index is 12.5. The number of anilines is 1. The van der Waals surface area contributed by atoms with Gasteiger partial charge in [-0.05, 0) is 42.8 Å². The van der Waals surface area contributed by atoms with Crippen LogP contribution in [0.5, 0.6) is 0 Å². The first-order chi connectivity index (χ1) is 15.8. The minimum Gasteiger partial charge on any atom is -0.479 e. The van der Waals surface area contributed by atoms with Crippen molar-refractivity contribution in [1.82, 2.24) is 4.57 Å². The third-order valence-electron chi connectivity index (χ3n) is 5.69. The van der Waals surface area contributed by atoms with Gasteiger partial charge in [0.2, 0.25) is 10.0 Å². The van der Waals surface area contributed by atoms with Crippen LogP contribution in [0.1, 0.15) is 24.1 Å². The summed E-state index contributed by atoms with van der Waals surface area (Å²) < 4.78 is 25.3. The van der Waals surface area contributed by atoms with Crippen molar-refractivity contribution in [1.29, 1.82) is 0 Å². The predicted molar refractivity (Wildman–Crippen MR) is 129 cm³/mol. The Labute approximate surface area is 192 Å². The number of fused-ring (bicyclic) bond motifs is 1. The molecule has 0 aliphatic heterocycles. The third kappa shape index (κ3) is 4.62. The Hall–Kier alpha value is -3.62. The number of para-hydroxylation sites is 1. The van der Waals surface area contributed by atoms with Gasteiger partial charge in [-0.25, -0.2) is 18.4 Å². The number of likely N-dealkylation sites (N-methyl/N-ethyl adjacent to an activating group) is 1. The lowest BCUT2D eigenvalue weighted by Crippen LogP contribution is -2.34. The molecule has 0 aliphatic carbocycles. The highest BCUT2D eigenvalue weighted by atomic mass is 32.2. The molecule has 4 rings (SSSR count). The van der Waals surface area contributed by atoms with E-state index < -0.39 is 22.0 Å². The molecule has 170 valence electrons. The molecule has 33 heavy (non-hydrogen) atoms. The molecule has 0 spiro atoms. The van der Waals surface area contributed by atoms with Gasteiger partial charge in [-0.1, -0.05) is 48.5 Å². The van der Waals surface area contributed by atoms with Crippen LogP contribution in [0.2, 0.25) is 0 Å². The van der Waals surface area contributed by atoms with E-state index in [1.807, 2.05) is 67.7 Å². The minimum absolute atomic E-state index is 0.0198. The summed E-state index contributed by atoms with van der Waals surface area (Å²) in [6.07, 6.45) is 1.90. The van der Waals surface area contributed by atoms with E-state index in [4.69, 9.17) is 5.14 Å². The van der Waals surface area contributed by atoms with Crippen LogP contribution in [0, 0.1) is 0 Å². The van der Waals surface area contributed by atoms with Crippen LogP contribution < -0.4 is 10.0 Å². The lowest BCUT2D eigenvalue weighted by atomic mass is 10.0. The van der Waals surface area contributed by atoms with E-state index in [0.29, 0.717) is 24.3 Å². The zero-order valence-electron chi connectivity index (χ0n) is 18.1. The second kappa shape index (κ2) is 9.09. The van der Waals surface area contributed by atoms with Crippen molar-refractivity contribution in [2.24, 2.45) is 5.14 Å². The highest BCUT2D eigenvalue weighted by Gasteiger charge is 2.30. The fourth-order valence-electron chi connectivity index (χ4n) is 4.18. The highest BCUT2D eigenvalue weighted by molar-refractivity contribution is 7.89. The van der Waals surface area contributed by atoms with E-state index >= 15 is 0 Å². The molecular weight excluding hydrogens is 438 g/mol. The molecule has 1 atom stereocenters. The van der Waals surface area contributed by atoms with Crippen molar-refractivity contribution in [2.75, 3.05) is 11.4 Å². The largest absolute Gasteiger partial charge is 0.479 e. The smallest absolute Gasteiger partial charge is 0.331 e. The Balaban J connectivity index is 1.80. The summed E-state index contributed by atoms with van der Waals surface area (Å²) in [6.45, 7) is 2.89. The Morgan fingerprint density at radius 1 is 1.00 bits per heavy atom. The number of nitrogens with two attached hydrogens (primary N) is 1. The number of hydrogen-bond donors (Lipinski definition) is 2. The molecule has 8 heteroatoms. The summed E-state index contributed by atoms with van der Waals surface area (Å²) in [5, 5.41) is 16.3. The molecule has 0 fully saturated rings. The SMILES string of the molecule is CCN(c1ccc(S(N)(=O)=O)cc1)C(C(=O)O)c1cn(Cc2ccccc2)c2ccccc12.